The molecule has 3 nitrogen and oxygen atoms in total. The van der Waals surface area contributed by atoms with Gasteiger partial charge in [0.05, 0.1) is 6.61 Å². The number of amides is 1. The zero-order chi connectivity index (χ0) is 13.5. The van der Waals surface area contributed by atoms with Crippen LogP contribution in [-0.4, -0.2) is 24.4 Å². The van der Waals surface area contributed by atoms with E-state index in [9.17, 15) is 4.79 Å². The first-order valence-electron chi connectivity index (χ1n) is 6.91. The van der Waals surface area contributed by atoms with Crippen LogP contribution in [0.1, 0.15) is 41.6 Å². The van der Waals surface area contributed by atoms with Crippen LogP contribution in [0.5, 0.6) is 5.75 Å². The fourth-order valence-corrected chi connectivity index (χ4v) is 2.60. The van der Waals surface area contributed by atoms with E-state index >= 15 is 0 Å². The Balaban J connectivity index is 1.74. The van der Waals surface area contributed by atoms with Gasteiger partial charge in [-0.15, -0.1) is 0 Å². The van der Waals surface area contributed by atoms with Gasteiger partial charge in [0.1, 0.15) is 5.75 Å². The molecule has 1 aliphatic rings. The summed E-state index contributed by atoms with van der Waals surface area (Å²) in [5, 5.41) is 4.04. The molecule has 1 aromatic carbocycles. The number of ether oxygens (including phenoxy) is 1. The zero-order valence-corrected chi connectivity index (χ0v) is 12.7. The minimum atomic E-state index is 0.0233. The first-order chi connectivity index (χ1) is 9.31. The zero-order valence-electron chi connectivity index (χ0n) is 11.1. The van der Waals surface area contributed by atoms with E-state index in [1.54, 1.807) is 0 Å². The van der Waals surface area contributed by atoms with E-state index in [-0.39, 0.29) is 5.91 Å². The number of halogens is 1. The van der Waals surface area contributed by atoms with Crippen molar-refractivity contribution in [1.29, 1.82) is 0 Å². The van der Waals surface area contributed by atoms with Gasteiger partial charge in [0.25, 0.3) is 5.91 Å². The Morgan fingerprint density at radius 3 is 2.95 bits per heavy atom. The lowest BCUT2D eigenvalue weighted by Crippen LogP contribution is -2.24. The minimum absolute atomic E-state index is 0.0233. The summed E-state index contributed by atoms with van der Waals surface area (Å²) in [5.41, 5.74) is 1.88. The monoisotopic (exact) mass is 325 g/mol. The molecule has 0 saturated carbocycles. The topological polar surface area (TPSA) is 38.3 Å². The van der Waals surface area contributed by atoms with Crippen molar-refractivity contribution in [3.05, 3.63) is 29.3 Å². The van der Waals surface area contributed by atoms with E-state index in [2.05, 4.69) is 21.2 Å². The molecular weight excluding hydrogens is 306 g/mol. The van der Waals surface area contributed by atoms with Crippen molar-refractivity contribution in [3.8, 4) is 5.75 Å². The quantitative estimate of drug-likeness (QED) is 0.617. The van der Waals surface area contributed by atoms with Crippen LogP contribution >= 0.6 is 15.9 Å². The lowest BCUT2D eigenvalue weighted by atomic mass is 10.1. The van der Waals surface area contributed by atoms with Gasteiger partial charge in [-0.3, -0.25) is 4.79 Å². The highest BCUT2D eigenvalue weighted by Crippen LogP contribution is 2.25. The molecule has 1 aromatic rings. The van der Waals surface area contributed by atoms with Gasteiger partial charge in [0, 0.05) is 23.9 Å². The van der Waals surface area contributed by atoms with Gasteiger partial charge in [-0.1, -0.05) is 28.8 Å². The number of unbranched alkanes of at least 4 members (excludes halogenated alkanes) is 3. The molecule has 0 saturated heterocycles. The maximum atomic E-state index is 12.0. The van der Waals surface area contributed by atoms with Crippen LogP contribution in [-0.2, 0) is 6.42 Å². The molecule has 0 bridgehead atoms. The van der Waals surface area contributed by atoms with Crippen LogP contribution in [0.15, 0.2) is 18.2 Å². The molecule has 1 amide bonds. The van der Waals surface area contributed by atoms with E-state index < -0.39 is 0 Å². The fourth-order valence-electron chi connectivity index (χ4n) is 2.20. The van der Waals surface area contributed by atoms with Crippen LogP contribution in [0.25, 0.3) is 0 Å². The maximum Gasteiger partial charge on any atom is 0.251 e. The van der Waals surface area contributed by atoms with E-state index in [0.717, 1.165) is 48.2 Å². The molecule has 104 valence electrons. The molecule has 2 rings (SSSR count). The standard InChI is InChI=1S/C15H20BrNO2/c16-8-3-1-2-4-9-17-15(18)13-5-6-14-12(11-13)7-10-19-14/h5-6,11H,1-4,7-10H2,(H,17,18). The average Bonchev–Trinajstić information content (AvgIpc) is 2.89. The molecule has 0 atom stereocenters. The first-order valence-corrected chi connectivity index (χ1v) is 8.03. The van der Waals surface area contributed by atoms with Gasteiger partial charge >= 0.3 is 0 Å². The molecule has 1 heterocycles. The number of nitrogens with one attached hydrogen (secondary N) is 1. The molecule has 1 N–H and O–H groups in total. The number of rotatable bonds is 7. The summed E-state index contributed by atoms with van der Waals surface area (Å²) in [5.74, 6) is 0.946. The molecule has 0 spiro atoms. The predicted molar refractivity (Wildman–Crippen MR) is 80.2 cm³/mol. The van der Waals surface area contributed by atoms with Crippen molar-refractivity contribution in [2.75, 3.05) is 18.5 Å². The van der Waals surface area contributed by atoms with Crippen LogP contribution in [0.2, 0.25) is 0 Å². The van der Waals surface area contributed by atoms with E-state index in [0.29, 0.717) is 0 Å². The van der Waals surface area contributed by atoms with Crippen molar-refractivity contribution < 1.29 is 9.53 Å². The Hall–Kier alpha value is -1.03. The third-order valence-corrected chi connectivity index (χ3v) is 3.86. The fraction of sp³-hybridized carbons (Fsp3) is 0.533. The highest BCUT2D eigenvalue weighted by Gasteiger charge is 2.14. The smallest absolute Gasteiger partial charge is 0.251 e. The lowest BCUT2D eigenvalue weighted by molar-refractivity contribution is 0.0953. The number of fused-ring (bicyclic) bond motifs is 1. The SMILES string of the molecule is O=C(NCCCCCCBr)c1ccc2c(c1)CCO2. The van der Waals surface area contributed by atoms with Gasteiger partial charge in [-0.05, 0) is 36.6 Å². The largest absolute Gasteiger partial charge is 0.493 e. The van der Waals surface area contributed by atoms with Crippen molar-refractivity contribution in [3.63, 3.8) is 0 Å². The van der Waals surface area contributed by atoms with Crippen LogP contribution in [0.4, 0.5) is 0 Å². The van der Waals surface area contributed by atoms with Crippen molar-refractivity contribution in [2.24, 2.45) is 0 Å². The average molecular weight is 326 g/mol. The van der Waals surface area contributed by atoms with Gasteiger partial charge in [-0.25, -0.2) is 0 Å². The van der Waals surface area contributed by atoms with Gasteiger partial charge in [0.2, 0.25) is 0 Å². The molecule has 0 fully saturated rings. The number of carbonyl (C=O) groups excluding carboxylic acids is 1. The van der Waals surface area contributed by atoms with Gasteiger partial charge in [-0.2, -0.15) is 0 Å². The number of benzene rings is 1. The molecule has 0 radical (unpaired) electrons. The summed E-state index contributed by atoms with van der Waals surface area (Å²) in [7, 11) is 0. The number of alkyl halides is 1. The summed E-state index contributed by atoms with van der Waals surface area (Å²) in [4.78, 5) is 12.0. The lowest BCUT2D eigenvalue weighted by Gasteiger charge is -2.06. The predicted octanol–water partition coefficient (Wildman–Crippen LogP) is 3.31. The second kappa shape index (κ2) is 7.53. The van der Waals surface area contributed by atoms with Gasteiger partial charge in [0.15, 0.2) is 0 Å². The van der Waals surface area contributed by atoms with Gasteiger partial charge < -0.3 is 10.1 Å². The van der Waals surface area contributed by atoms with Crippen LogP contribution in [0, 0.1) is 0 Å². The number of hydrogen-bond acceptors (Lipinski definition) is 2. The highest BCUT2D eigenvalue weighted by molar-refractivity contribution is 9.09. The Labute approximate surface area is 122 Å². The summed E-state index contributed by atoms with van der Waals surface area (Å²) in [6, 6.07) is 5.68. The Kier molecular flexibility index (Phi) is 5.70. The third-order valence-electron chi connectivity index (χ3n) is 3.30. The molecule has 0 aromatic heterocycles. The highest BCUT2D eigenvalue weighted by atomic mass is 79.9. The second-order valence-corrected chi connectivity index (χ2v) is 5.57. The summed E-state index contributed by atoms with van der Waals surface area (Å²) < 4.78 is 5.43. The Morgan fingerprint density at radius 1 is 1.26 bits per heavy atom. The summed E-state index contributed by atoms with van der Waals surface area (Å²) in [6.07, 6.45) is 5.55. The van der Waals surface area contributed by atoms with E-state index in [1.165, 1.54) is 19.3 Å². The molecular formula is C15H20BrNO2. The number of carbonyl (C=O) groups is 1. The summed E-state index contributed by atoms with van der Waals surface area (Å²) >= 11 is 3.42. The molecule has 0 aliphatic carbocycles. The molecule has 19 heavy (non-hydrogen) atoms. The Bertz CT molecular complexity index is 434. The van der Waals surface area contributed by atoms with Crippen molar-refractivity contribution in [1.82, 2.24) is 5.32 Å². The van der Waals surface area contributed by atoms with Crippen LogP contribution in [0.3, 0.4) is 0 Å². The van der Waals surface area contributed by atoms with E-state index in [1.807, 2.05) is 18.2 Å². The third kappa shape index (κ3) is 4.23. The Morgan fingerprint density at radius 2 is 2.11 bits per heavy atom. The maximum absolute atomic E-state index is 12.0. The summed E-state index contributed by atoms with van der Waals surface area (Å²) in [6.45, 7) is 1.49. The first kappa shape index (κ1) is 14.4. The molecule has 4 heteroatoms. The normalized spacial score (nSPS) is 12.9. The van der Waals surface area contributed by atoms with E-state index in [4.69, 9.17) is 4.74 Å². The van der Waals surface area contributed by atoms with Crippen molar-refractivity contribution in [2.45, 2.75) is 32.1 Å². The number of hydrogen-bond donors (Lipinski definition) is 1. The molecule has 1 aliphatic heterocycles. The van der Waals surface area contributed by atoms with Crippen LogP contribution < -0.4 is 10.1 Å². The van der Waals surface area contributed by atoms with Crippen molar-refractivity contribution >= 4 is 21.8 Å². The molecule has 0 unspecified atom stereocenters. The minimum Gasteiger partial charge on any atom is -0.493 e. The second-order valence-electron chi connectivity index (χ2n) is 4.78.